The van der Waals surface area contributed by atoms with Gasteiger partial charge in [-0.05, 0) is 24.3 Å². The first-order valence-corrected chi connectivity index (χ1v) is 12.1. The molecule has 11 heteroatoms. The molecule has 0 radical (unpaired) electrons. The van der Waals surface area contributed by atoms with E-state index >= 15 is 0 Å². The summed E-state index contributed by atoms with van der Waals surface area (Å²) in [6.07, 6.45) is 1.12. The van der Waals surface area contributed by atoms with Crippen molar-refractivity contribution in [3.05, 3.63) is 66.2 Å². The van der Waals surface area contributed by atoms with E-state index in [2.05, 4.69) is 4.90 Å². The van der Waals surface area contributed by atoms with Gasteiger partial charge in [-0.25, -0.2) is 9.59 Å². The number of carbonyl (C=O) groups is 3. The van der Waals surface area contributed by atoms with Crippen molar-refractivity contribution >= 4 is 35.3 Å². The van der Waals surface area contributed by atoms with Gasteiger partial charge in [-0.2, -0.15) is 0 Å². The highest BCUT2D eigenvalue weighted by atomic mass is 32.2. The molecule has 0 aliphatic carbocycles. The number of amides is 1. The number of aliphatic carboxylic acids is 2. The molecule has 10 nitrogen and oxygen atoms in total. The molecular formula is C25H31N3O7S. The summed E-state index contributed by atoms with van der Waals surface area (Å²) in [5.41, 5.74) is 7.50. The lowest BCUT2D eigenvalue weighted by Gasteiger charge is -2.35. The van der Waals surface area contributed by atoms with Crippen LogP contribution in [-0.2, 0) is 14.3 Å². The number of aliphatic hydroxyl groups is 1. The molecule has 1 aliphatic heterocycles. The summed E-state index contributed by atoms with van der Waals surface area (Å²) in [6.45, 7) is 4.91. The fourth-order valence-corrected chi connectivity index (χ4v) is 4.25. The SMILES string of the molecule is Nc1ccccc1Sc1ccccc1C(=O)N1CCN(CCOCCO)CC1.O=C(O)/C=C\C(=O)O. The molecule has 1 amide bonds. The van der Waals surface area contributed by atoms with Crippen LogP contribution in [0, 0.1) is 0 Å². The Morgan fingerprint density at radius 1 is 0.889 bits per heavy atom. The largest absolute Gasteiger partial charge is 0.478 e. The van der Waals surface area contributed by atoms with Gasteiger partial charge in [0.1, 0.15) is 0 Å². The summed E-state index contributed by atoms with van der Waals surface area (Å²) in [5, 5.41) is 24.4. The first-order valence-electron chi connectivity index (χ1n) is 11.3. The van der Waals surface area contributed by atoms with Crippen molar-refractivity contribution < 1.29 is 34.4 Å². The number of para-hydroxylation sites is 1. The number of aliphatic hydroxyl groups excluding tert-OH is 1. The van der Waals surface area contributed by atoms with Crippen LogP contribution in [0.25, 0.3) is 0 Å². The number of rotatable bonds is 10. The Bertz CT molecular complexity index is 1020. The maximum Gasteiger partial charge on any atom is 0.328 e. The molecule has 5 N–H and O–H groups in total. The fraction of sp³-hybridized carbons (Fsp3) is 0.320. The third kappa shape index (κ3) is 10.1. The smallest absolute Gasteiger partial charge is 0.328 e. The van der Waals surface area contributed by atoms with Gasteiger partial charge >= 0.3 is 11.9 Å². The number of carboxylic acid groups (broad SMARTS) is 2. The molecule has 1 fully saturated rings. The fourth-order valence-electron chi connectivity index (χ4n) is 3.27. The predicted octanol–water partition coefficient (Wildman–Crippen LogP) is 1.90. The molecule has 0 saturated carbocycles. The Hall–Kier alpha value is -3.38. The second kappa shape index (κ2) is 15.6. The molecule has 0 unspecified atom stereocenters. The maximum atomic E-state index is 13.1. The third-order valence-corrected chi connectivity index (χ3v) is 6.24. The molecule has 0 bridgehead atoms. The molecule has 1 saturated heterocycles. The van der Waals surface area contributed by atoms with E-state index in [0.29, 0.717) is 44.1 Å². The number of ether oxygens (including phenoxy) is 1. The first-order chi connectivity index (χ1) is 17.3. The van der Waals surface area contributed by atoms with Crippen molar-refractivity contribution in [2.24, 2.45) is 0 Å². The van der Waals surface area contributed by atoms with Crippen LogP contribution >= 0.6 is 11.8 Å². The van der Waals surface area contributed by atoms with Crippen LogP contribution in [0.2, 0.25) is 0 Å². The van der Waals surface area contributed by atoms with Gasteiger partial charge in [0.05, 0.1) is 25.4 Å². The third-order valence-electron chi connectivity index (χ3n) is 5.07. The lowest BCUT2D eigenvalue weighted by atomic mass is 10.2. The number of nitrogens with two attached hydrogens (primary N) is 1. The number of piperazine rings is 1. The van der Waals surface area contributed by atoms with Crippen LogP contribution in [0.1, 0.15) is 10.4 Å². The van der Waals surface area contributed by atoms with Crippen LogP contribution in [0.5, 0.6) is 0 Å². The van der Waals surface area contributed by atoms with Gasteiger partial charge in [-0.15, -0.1) is 0 Å². The van der Waals surface area contributed by atoms with E-state index < -0.39 is 11.9 Å². The molecule has 194 valence electrons. The summed E-state index contributed by atoms with van der Waals surface area (Å²) < 4.78 is 5.33. The molecule has 1 heterocycles. The predicted molar refractivity (Wildman–Crippen MR) is 136 cm³/mol. The summed E-state index contributed by atoms with van der Waals surface area (Å²) in [7, 11) is 0. The van der Waals surface area contributed by atoms with Crippen LogP contribution < -0.4 is 5.73 Å². The first kappa shape index (κ1) is 28.9. The number of anilines is 1. The van der Waals surface area contributed by atoms with Gasteiger partial charge in [0.2, 0.25) is 0 Å². The molecule has 1 aliphatic rings. The van der Waals surface area contributed by atoms with Crippen LogP contribution in [0.4, 0.5) is 5.69 Å². The second-order valence-electron chi connectivity index (χ2n) is 7.62. The van der Waals surface area contributed by atoms with Crippen molar-refractivity contribution in [3.63, 3.8) is 0 Å². The van der Waals surface area contributed by atoms with Gasteiger partial charge in [-0.3, -0.25) is 9.69 Å². The number of carbonyl (C=O) groups excluding carboxylic acids is 1. The van der Waals surface area contributed by atoms with E-state index in [9.17, 15) is 14.4 Å². The minimum absolute atomic E-state index is 0.0499. The number of benzene rings is 2. The zero-order valence-corrected chi connectivity index (χ0v) is 20.6. The summed E-state index contributed by atoms with van der Waals surface area (Å²) in [5.74, 6) is -2.45. The minimum atomic E-state index is -1.26. The minimum Gasteiger partial charge on any atom is -0.478 e. The van der Waals surface area contributed by atoms with Crippen LogP contribution in [0.15, 0.2) is 70.5 Å². The Labute approximate surface area is 214 Å². The number of hydrogen-bond acceptors (Lipinski definition) is 8. The zero-order valence-electron chi connectivity index (χ0n) is 19.8. The van der Waals surface area contributed by atoms with Gasteiger partial charge < -0.3 is 30.7 Å². The van der Waals surface area contributed by atoms with Crippen LogP contribution in [-0.4, -0.2) is 95.5 Å². The number of nitrogen functional groups attached to an aromatic ring is 1. The number of hydrogen-bond donors (Lipinski definition) is 4. The number of nitrogens with zero attached hydrogens (tertiary/aromatic N) is 2. The van der Waals surface area contributed by atoms with Crippen molar-refractivity contribution in [1.82, 2.24) is 9.80 Å². The average molecular weight is 518 g/mol. The lowest BCUT2D eigenvalue weighted by Crippen LogP contribution is -2.49. The van der Waals surface area contributed by atoms with Crippen LogP contribution in [0.3, 0.4) is 0 Å². The second-order valence-corrected chi connectivity index (χ2v) is 8.70. The Balaban J connectivity index is 0.000000493. The molecule has 36 heavy (non-hydrogen) atoms. The van der Waals surface area contributed by atoms with E-state index in [1.165, 1.54) is 11.8 Å². The van der Waals surface area contributed by atoms with Crippen molar-refractivity contribution in [1.29, 1.82) is 0 Å². The topological polar surface area (TPSA) is 154 Å². The zero-order chi connectivity index (χ0) is 26.3. The highest BCUT2D eigenvalue weighted by molar-refractivity contribution is 7.99. The lowest BCUT2D eigenvalue weighted by molar-refractivity contribution is -0.134. The standard InChI is InChI=1S/C21H27N3O3S.C4H4O4/c22-18-6-2-4-8-20(18)28-19-7-3-1-5-17(19)21(26)24-11-9-23(10-12-24)13-15-27-16-14-25;5-3(6)1-2-4(7)8/h1-8,25H,9-16,22H2;1-2H,(H,5,6)(H,7,8)/b;2-1-. The Morgan fingerprint density at radius 3 is 2.06 bits per heavy atom. The molecule has 2 aromatic carbocycles. The van der Waals surface area contributed by atoms with E-state index in [1.807, 2.05) is 53.4 Å². The molecule has 0 spiro atoms. The monoisotopic (exact) mass is 517 g/mol. The quantitative estimate of drug-likeness (QED) is 0.209. The molecular weight excluding hydrogens is 486 g/mol. The molecule has 3 rings (SSSR count). The van der Waals surface area contributed by atoms with Gasteiger partial charge in [0.25, 0.3) is 5.91 Å². The Kier molecular flexibility index (Phi) is 12.5. The summed E-state index contributed by atoms with van der Waals surface area (Å²) >= 11 is 1.53. The molecule has 0 aromatic heterocycles. The van der Waals surface area contributed by atoms with Crippen molar-refractivity contribution in [2.45, 2.75) is 9.79 Å². The van der Waals surface area contributed by atoms with Gasteiger partial charge in [0.15, 0.2) is 0 Å². The van der Waals surface area contributed by atoms with E-state index in [4.69, 9.17) is 25.8 Å². The molecule has 0 atom stereocenters. The van der Waals surface area contributed by atoms with E-state index in [-0.39, 0.29) is 12.5 Å². The normalized spacial score (nSPS) is 13.8. The average Bonchev–Trinajstić information content (AvgIpc) is 2.87. The number of carboxylic acids is 2. The summed E-state index contributed by atoms with van der Waals surface area (Å²) in [4.78, 5) is 38.3. The summed E-state index contributed by atoms with van der Waals surface area (Å²) in [6, 6.07) is 15.4. The van der Waals surface area contributed by atoms with E-state index in [0.717, 1.165) is 35.0 Å². The van der Waals surface area contributed by atoms with Gasteiger partial charge in [-0.1, -0.05) is 36.0 Å². The van der Waals surface area contributed by atoms with Gasteiger partial charge in [0, 0.05) is 60.4 Å². The van der Waals surface area contributed by atoms with Crippen molar-refractivity contribution in [2.75, 3.05) is 58.3 Å². The highest BCUT2D eigenvalue weighted by Crippen LogP contribution is 2.34. The maximum absolute atomic E-state index is 13.1. The molecule has 2 aromatic rings. The Morgan fingerprint density at radius 2 is 1.47 bits per heavy atom. The highest BCUT2D eigenvalue weighted by Gasteiger charge is 2.24. The van der Waals surface area contributed by atoms with Crippen molar-refractivity contribution in [3.8, 4) is 0 Å². The van der Waals surface area contributed by atoms with E-state index in [1.54, 1.807) is 0 Å².